The standard InChI is InChI=1S/C22H17N3OS3/c1-2-16-11-15(13-23)22(28-16)24-19(26)12-18-20(17-9-6-10-27-17)25-21(29-18)14-7-4-3-5-8-14/h3-11H,2,12H2,1H3,(H,24,26). The molecule has 7 heteroatoms. The molecule has 144 valence electrons. The van der Waals surface area contributed by atoms with Crippen LogP contribution in [0, 0.1) is 11.3 Å². The molecule has 0 aliphatic rings. The molecule has 3 heterocycles. The van der Waals surface area contributed by atoms with Crippen molar-refractivity contribution < 1.29 is 4.79 Å². The normalized spacial score (nSPS) is 10.6. The Morgan fingerprint density at radius 2 is 2.00 bits per heavy atom. The number of hydrogen-bond acceptors (Lipinski definition) is 6. The Hall–Kier alpha value is -2.79. The minimum Gasteiger partial charge on any atom is -0.316 e. The Kier molecular flexibility index (Phi) is 5.86. The highest BCUT2D eigenvalue weighted by molar-refractivity contribution is 7.17. The van der Waals surface area contributed by atoms with Gasteiger partial charge < -0.3 is 5.32 Å². The van der Waals surface area contributed by atoms with Crippen LogP contribution in [0.15, 0.2) is 53.9 Å². The zero-order valence-corrected chi connectivity index (χ0v) is 18.1. The summed E-state index contributed by atoms with van der Waals surface area (Å²) in [5, 5.41) is 15.8. The molecule has 4 rings (SSSR count). The van der Waals surface area contributed by atoms with E-state index in [1.165, 1.54) is 11.3 Å². The summed E-state index contributed by atoms with van der Waals surface area (Å²) in [6, 6.07) is 18.0. The van der Waals surface area contributed by atoms with Crippen LogP contribution in [0.1, 0.15) is 22.2 Å². The van der Waals surface area contributed by atoms with Crippen molar-refractivity contribution >= 4 is 44.9 Å². The molecule has 0 aliphatic heterocycles. The number of nitriles is 1. The number of nitrogens with one attached hydrogen (secondary N) is 1. The smallest absolute Gasteiger partial charge is 0.230 e. The fourth-order valence-corrected chi connectivity index (χ4v) is 5.74. The van der Waals surface area contributed by atoms with Crippen molar-refractivity contribution in [3.63, 3.8) is 0 Å². The predicted molar refractivity (Wildman–Crippen MR) is 122 cm³/mol. The average Bonchev–Trinajstić information content (AvgIpc) is 3.48. The molecule has 29 heavy (non-hydrogen) atoms. The van der Waals surface area contributed by atoms with Gasteiger partial charge in [0.05, 0.1) is 22.6 Å². The summed E-state index contributed by atoms with van der Waals surface area (Å²) >= 11 is 4.62. The van der Waals surface area contributed by atoms with Gasteiger partial charge in [0.2, 0.25) is 5.91 Å². The SMILES string of the molecule is CCc1cc(C#N)c(NC(=O)Cc2sc(-c3ccccc3)nc2-c2cccs2)s1. The molecular weight excluding hydrogens is 418 g/mol. The Balaban J connectivity index is 1.62. The lowest BCUT2D eigenvalue weighted by Crippen LogP contribution is -2.13. The van der Waals surface area contributed by atoms with E-state index in [9.17, 15) is 10.1 Å². The largest absolute Gasteiger partial charge is 0.316 e. The van der Waals surface area contributed by atoms with Crippen molar-refractivity contribution in [3.05, 3.63) is 69.2 Å². The van der Waals surface area contributed by atoms with Gasteiger partial charge in [-0.3, -0.25) is 4.79 Å². The molecule has 3 aromatic heterocycles. The molecule has 0 atom stereocenters. The van der Waals surface area contributed by atoms with Crippen LogP contribution in [0.25, 0.3) is 21.1 Å². The van der Waals surface area contributed by atoms with Gasteiger partial charge >= 0.3 is 0 Å². The summed E-state index contributed by atoms with van der Waals surface area (Å²) in [7, 11) is 0. The third kappa shape index (κ3) is 4.30. The van der Waals surface area contributed by atoms with Gasteiger partial charge in [-0.05, 0) is 23.9 Å². The highest BCUT2D eigenvalue weighted by Crippen LogP contribution is 2.36. The molecule has 4 aromatic rings. The first kappa shape index (κ1) is 19.5. The van der Waals surface area contributed by atoms with Crippen molar-refractivity contribution in [1.29, 1.82) is 5.26 Å². The van der Waals surface area contributed by atoms with E-state index in [-0.39, 0.29) is 12.3 Å². The monoisotopic (exact) mass is 435 g/mol. The van der Waals surface area contributed by atoms with E-state index in [2.05, 4.69) is 11.4 Å². The highest BCUT2D eigenvalue weighted by atomic mass is 32.1. The van der Waals surface area contributed by atoms with E-state index >= 15 is 0 Å². The van der Waals surface area contributed by atoms with Crippen LogP contribution in [0.5, 0.6) is 0 Å². The van der Waals surface area contributed by atoms with Gasteiger partial charge in [-0.15, -0.1) is 34.0 Å². The Labute approximate surface area is 181 Å². The molecule has 1 amide bonds. The van der Waals surface area contributed by atoms with E-state index in [4.69, 9.17) is 4.98 Å². The van der Waals surface area contributed by atoms with Crippen LogP contribution in [0.2, 0.25) is 0 Å². The highest BCUT2D eigenvalue weighted by Gasteiger charge is 2.19. The minimum atomic E-state index is -0.132. The van der Waals surface area contributed by atoms with Crippen molar-refractivity contribution in [3.8, 4) is 27.2 Å². The lowest BCUT2D eigenvalue weighted by atomic mass is 10.2. The van der Waals surface area contributed by atoms with Crippen LogP contribution in [-0.4, -0.2) is 10.9 Å². The van der Waals surface area contributed by atoms with E-state index in [1.54, 1.807) is 22.7 Å². The Morgan fingerprint density at radius 3 is 2.69 bits per heavy atom. The summed E-state index contributed by atoms with van der Waals surface area (Å²) in [4.78, 5) is 20.7. The second kappa shape index (κ2) is 8.70. The number of aromatic nitrogens is 1. The van der Waals surface area contributed by atoms with E-state index in [1.807, 2.05) is 60.8 Å². The van der Waals surface area contributed by atoms with Gasteiger partial charge in [0.15, 0.2) is 0 Å². The van der Waals surface area contributed by atoms with Gasteiger partial charge in [-0.2, -0.15) is 5.26 Å². The van der Waals surface area contributed by atoms with Crippen LogP contribution in [0.4, 0.5) is 5.00 Å². The van der Waals surface area contributed by atoms with E-state index in [0.29, 0.717) is 10.6 Å². The van der Waals surface area contributed by atoms with E-state index < -0.39 is 0 Å². The fraction of sp³-hybridized carbons (Fsp3) is 0.136. The third-order valence-electron chi connectivity index (χ3n) is 4.30. The average molecular weight is 436 g/mol. The first-order valence-electron chi connectivity index (χ1n) is 9.09. The number of aryl methyl sites for hydroxylation is 1. The van der Waals surface area contributed by atoms with Gasteiger partial charge in [-0.1, -0.05) is 43.3 Å². The zero-order chi connectivity index (χ0) is 20.2. The number of carbonyl (C=O) groups is 1. The molecule has 1 aromatic carbocycles. The summed E-state index contributed by atoms with van der Waals surface area (Å²) in [5.41, 5.74) is 2.42. The second-order valence-corrected chi connectivity index (χ2v) is 9.45. The maximum Gasteiger partial charge on any atom is 0.230 e. The Morgan fingerprint density at radius 1 is 1.17 bits per heavy atom. The number of thiazole rings is 1. The minimum absolute atomic E-state index is 0.132. The number of amides is 1. The van der Waals surface area contributed by atoms with Gasteiger partial charge in [0.1, 0.15) is 16.1 Å². The molecular formula is C22H17N3OS3. The van der Waals surface area contributed by atoms with Crippen molar-refractivity contribution in [1.82, 2.24) is 4.98 Å². The molecule has 0 aliphatic carbocycles. The summed E-state index contributed by atoms with van der Waals surface area (Å²) in [6.45, 7) is 2.04. The molecule has 0 unspecified atom stereocenters. The molecule has 0 radical (unpaired) electrons. The quantitative estimate of drug-likeness (QED) is 0.391. The van der Waals surface area contributed by atoms with Gasteiger partial charge in [-0.25, -0.2) is 4.98 Å². The van der Waals surface area contributed by atoms with Crippen LogP contribution < -0.4 is 5.32 Å². The van der Waals surface area contributed by atoms with E-state index in [0.717, 1.165) is 37.3 Å². The third-order valence-corrected chi connectivity index (χ3v) is 7.47. The van der Waals surface area contributed by atoms with Crippen molar-refractivity contribution in [2.24, 2.45) is 0 Å². The number of carbonyl (C=O) groups excluding carboxylic acids is 1. The van der Waals surface area contributed by atoms with Crippen LogP contribution >= 0.6 is 34.0 Å². The zero-order valence-electron chi connectivity index (χ0n) is 15.6. The number of hydrogen-bond donors (Lipinski definition) is 1. The lowest BCUT2D eigenvalue weighted by Gasteiger charge is -2.03. The van der Waals surface area contributed by atoms with Gasteiger partial charge in [0, 0.05) is 15.3 Å². The molecule has 1 N–H and O–H groups in total. The number of nitrogens with zero attached hydrogens (tertiary/aromatic N) is 2. The molecule has 0 saturated heterocycles. The summed E-state index contributed by atoms with van der Waals surface area (Å²) < 4.78 is 0. The number of anilines is 1. The van der Waals surface area contributed by atoms with Crippen molar-refractivity contribution in [2.45, 2.75) is 19.8 Å². The number of thiophene rings is 2. The number of rotatable bonds is 6. The van der Waals surface area contributed by atoms with Crippen LogP contribution in [-0.2, 0) is 17.6 Å². The molecule has 0 saturated carbocycles. The molecule has 0 fully saturated rings. The fourth-order valence-electron chi connectivity index (χ4n) is 2.89. The first-order chi connectivity index (χ1) is 14.2. The lowest BCUT2D eigenvalue weighted by molar-refractivity contribution is -0.115. The maximum atomic E-state index is 12.8. The first-order valence-corrected chi connectivity index (χ1v) is 11.6. The topological polar surface area (TPSA) is 65.8 Å². The second-order valence-electron chi connectivity index (χ2n) is 6.28. The number of benzene rings is 1. The van der Waals surface area contributed by atoms with Gasteiger partial charge in [0.25, 0.3) is 0 Å². The Bertz CT molecular complexity index is 1170. The molecule has 0 bridgehead atoms. The molecule has 0 spiro atoms. The maximum absolute atomic E-state index is 12.8. The van der Waals surface area contributed by atoms with Crippen LogP contribution in [0.3, 0.4) is 0 Å². The predicted octanol–water partition coefficient (Wildman–Crippen LogP) is 6.22. The summed E-state index contributed by atoms with van der Waals surface area (Å²) in [6.07, 6.45) is 1.06. The van der Waals surface area contributed by atoms with Crippen molar-refractivity contribution in [2.75, 3.05) is 5.32 Å². The molecule has 4 nitrogen and oxygen atoms in total. The summed E-state index contributed by atoms with van der Waals surface area (Å²) in [5.74, 6) is -0.132.